The van der Waals surface area contributed by atoms with Gasteiger partial charge in [-0.25, -0.2) is 0 Å². The van der Waals surface area contributed by atoms with E-state index in [0.717, 1.165) is 5.57 Å². The van der Waals surface area contributed by atoms with Crippen LogP contribution in [-0.2, 0) is 4.79 Å². The maximum Gasteiger partial charge on any atom is 0.288 e. The van der Waals surface area contributed by atoms with E-state index in [9.17, 15) is 13.6 Å². The zero-order valence-corrected chi connectivity index (χ0v) is 13.1. The van der Waals surface area contributed by atoms with Crippen molar-refractivity contribution in [3.05, 3.63) is 36.4 Å². The number of carbonyl (C=O) groups excluding carboxylic acids is 1. The number of hydrogen-bond donors (Lipinski definition) is 1. The lowest BCUT2D eigenvalue weighted by molar-refractivity contribution is -0.117. The number of thioether (sulfide) groups is 1. The standard InChI is InChI=1S/C15H20F2N2OS/c1-4-19(9-11(2)3)10-14(20)18-12-7-5-6-8-13(12)21-15(16)17/h5-8,15H,2,4,9-10H2,1,3H3,(H,18,20). The first kappa shape index (κ1) is 17.7. The number of amides is 1. The highest BCUT2D eigenvalue weighted by molar-refractivity contribution is 7.99. The van der Waals surface area contributed by atoms with E-state index in [4.69, 9.17) is 0 Å². The smallest absolute Gasteiger partial charge is 0.288 e. The lowest BCUT2D eigenvalue weighted by Crippen LogP contribution is -2.34. The van der Waals surface area contributed by atoms with E-state index in [1.54, 1.807) is 24.3 Å². The molecule has 0 radical (unpaired) electrons. The molecule has 3 nitrogen and oxygen atoms in total. The molecule has 116 valence electrons. The number of para-hydroxylation sites is 1. The molecule has 1 amide bonds. The Morgan fingerprint density at radius 2 is 2.05 bits per heavy atom. The Bertz CT molecular complexity index is 494. The van der Waals surface area contributed by atoms with Gasteiger partial charge in [0.25, 0.3) is 5.76 Å². The summed E-state index contributed by atoms with van der Waals surface area (Å²) in [6.07, 6.45) is 0. The Labute approximate surface area is 128 Å². The van der Waals surface area contributed by atoms with Crippen molar-refractivity contribution in [1.29, 1.82) is 0 Å². The first-order valence-corrected chi connectivity index (χ1v) is 7.50. The highest BCUT2D eigenvalue weighted by Crippen LogP contribution is 2.31. The minimum absolute atomic E-state index is 0.205. The van der Waals surface area contributed by atoms with Gasteiger partial charge < -0.3 is 5.32 Å². The Hall–Kier alpha value is -1.40. The summed E-state index contributed by atoms with van der Waals surface area (Å²) in [5.74, 6) is -2.74. The Kier molecular flexibility index (Phi) is 7.39. The predicted molar refractivity (Wildman–Crippen MR) is 83.9 cm³/mol. The summed E-state index contributed by atoms with van der Waals surface area (Å²) in [6, 6.07) is 6.56. The SMILES string of the molecule is C=C(C)CN(CC)CC(=O)Nc1ccccc1SC(F)F. The van der Waals surface area contributed by atoms with Gasteiger partial charge in [-0.1, -0.05) is 43.0 Å². The number of nitrogens with zero attached hydrogens (tertiary/aromatic N) is 1. The molecule has 0 saturated heterocycles. The van der Waals surface area contributed by atoms with E-state index in [-0.39, 0.29) is 12.5 Å². The molecule has 21 heavy (non-hydrogen) atoms. The Balaban J connectivity index is 2.68. The lowest BCUT2D eigenvalue weighted by atomic mass is 10.3. The summed E-state index contributed by atoms with van der Waals surface area (Å²) in [6.45, 7) is 9.23. The van der Waals surface area contributed by atoms with Gasteiger partial charge in [0.15, 0.2) is 0 Å². The number of hydrogen-bond acceptors (Lipinski definition) is 3. The summed E-state index contributed by atoms with van der Waals surface area (Å²) in [5, 5.41) is 2.69. The zero-order valence-electron chi connectivity index (χ0n) is 12.2. The Morgan fingerprint density at radius 1 is 1.38 bits per heavy atom. The number of anilines is 1. The van der Waals surface area contributed by atoms with Crippen LogP contribution in [-0.4, -0.2) is 36.2 Å². The van der Waals surface area contributed by atoms with E-state index in [0.29, 0.717) is 35.4 Å². The molecule has 0 aliphatic heterocycles. The van der Waals surface area contributed by atoms with Crippen LogP contribution < -0.4 is 5.32 Å². The van der Waals surface area contributed by atoms with Crippen LogP contribution >= 0.6 is 11.8 Å². The van der Waals surface area contributed by atoms with Crippen LogP contribution in [0.25, 0.3) is 0 Å². The molecule has 0 heterocycles. The second-order valence-corrected chi connectivity index (χ2v) is 5.72. The molecule has 1 N–H and O–H groups in total. The fourth-order valence-electron chi connectivity index (χ4n) is 1.82. The van der Waals surface area contributed by atoms with Crippen molar-refractivity contribution in [2.45, 2.75) is 24.5 Å². The summed E-state index contributed by atoms with van der Waals surface area (Å²) < 4.78 is 25.0. The van der Waals surface area contributed by atoms with E-state index >= 15 is 0 Å². The number of benzene rings is 1. The molecule has 1 rings (SSSR count). The average molecular weight is 314 g/mol. The third-order valence-electron chi connectivity index (χ3n) is 2.69. The van der Waals surface area contributed by atoms with Crippen molar-refractivity contribution < 1.29 is 13.6 Å². The molecular formula is C15H20F2N2OS. The third kappa shape index (κ3) is 6.73. The van der Waals surface area contributed by atoms with Gasteiger partial charge in [-0.05, 0) is 25.6 Å². The van der Waals surface area contributed by atoms with Crippen LogP contribution in [0.5, 0.6) is 0 Å². The van der Waals surface area contributed by atoms with Crippen LogP contribution in [0.2, 0.25) is 0 Å². The number of halogens is 2. The molecule has 0 atom stereocenters. The fraction of sp³-hybridized carbons (Fsp3) is 0.400. The van der Waals surface area contributed by atoms with Crippen molar-refractivity contribution in [3.63, 3.8) is 0 Å². The number of rotatable bonds is 8. The number of nitrogens with one attached hydrogen (secondary N) is 1. The molecule has 0 bridgehead atoms. The molecule has 0 aliphatic carbocycles. The quantitative estimate of drug-likeness (QED) is 0.584. The van der Waals surface area contributed by atoms with E-state index < -0.39 is 5.76 Å². The van der Waals surface area contributed by atoms with Crippen molar-refractivity contribution in [3.8, 4) is 0 Å². The first-order valence-electron chi connectivity index (χ1n) is 6.62. The van der Waals surface area contributed by atoms with Crippen molar-refractivity contribution in [2.24, 2.45) is 0 Å². The normalized spacial score (nSPS) is 11.0. The van der Waals surface area contributed by atoms with Crippen LogP contribution in [0.3, 0.4) is 0 Å². The fourth-order valence-corrected chi connectivity index (χ4v) is 2.42. The van der Waals surface area contributed by atoms with E-state index in [1.165, 1.54) is 0 Å². The van der Waals surface area contributed by atoms with Gasteiger partial charge in [-0.15, -0.1) is 0 Å². The number of likely N-dealkylation sites (N-methyl/N-ethyl adjacent to an activating group) is 1. The van der Waals surface area contributed by atoms with Crippen LogP contribution in [0.15, 0.2) is 41.3 Å². The lowest BCUT2D eigenvalue weighted by Gasteiger charge is -2.20. The third-order valence-corrected chi connectivity index (χ3v) is 3.47. The molecule has 0 saturated carbocycles. The first-order chi connectivity index (χ1) is 9.92. The minimum atomic E-state index is -2.52. The second-order valence-electron chi connectivity index (χ2n) is 4.68. The highest BCUT2D eigenvalue weighted by atomic mass is 32.2. The second kappa shape index (κ2) is 8.79. The van der Waals surface area contributed by atoms with Gasteiger partial charge in [-0.3, -0.25) is 9.69 Å². The number of alkyl halides is 2. The Morgan fingerprint density at radius 3 is 2.62 bits per heavy atom. The molecule has 1 aromatic carbocycles. The van der Waals surface area contributed by atoms with Crippen molar-refractivity contribution >= 4 is 23.4 Å². The van der Waals surface area contributed by atoms with E-state index in [2.05, 4.69) is 11.9 Å². The summed E-state index contributed by atoms with van der Waals surface area (Å²) in [4.78, 5) is 14.3. The van der Waals surface area contributed by atoms with Gasteiger partial charge in [0.1, 0.15) is 0 Å². The van der Waals surface area contributed by atoms with E-state index in [1.807, 2.05) is 18.7 Å². The largest absolute Gasteiger partial charge is 0.324 e. The van der Waals surface area contributed by atoms with Crippen molar-refractivity contribution in [2.75, 3.05) is 25.0 Å². The maximum absolute atomic E-state index is 12.5. The molecule has 1 aromatic rings. The van der Waals surface area contributed by atoms with Gasteiger partial charge in [0.05, 0.1) is 12.2 Å². The monoisotopic (exact) mass is 314 g/mol. The van der Waals surface area contributed by atoms with Gasteiger partial charge in [0, 0.05) is 11.4 Å². The van der Waals surface area contributed by atoms with Gasteiger partial charge in [-0.2, -0.15) is 8.78 Å². The minimum Gasteiger partial charge on any atom is -0.324 e. The maximum atomic E-state index is 12.5. The summed E-state index contributed by atoms with van der Waals surface area (Å²) >= 11 is 0.427. The molecule has 0 unspecified atom stereocenters. The zero-order chi connectivity index (χ0) is 15.8. The molecule has 0 spiro atoms. The molecule has 0 aliphatic rings. The topological polar surface area (TPSA) is 32.3 Å². The molecule has 0 aromatic heterocycles. The van der Waals surface area contributed by atoms with Crippen LogP contribution in [0, 0.1) is 0 Å². The van der Waals surface area contributed by atoms with Crippen molar-refractivity contribution in [1.82, 2.24) is 4.90 Å². The summed E-state index contributed by atoms with van der Waals surface area (Å²) in [5.41, 5.74) is 1.39. The highest BCUT2D eigenvalue weighted by Gasteiger charge is 2.13. The number of carbonyl (C=O) groups is 1. The van der Waals surface area contributed by atoms with Gasteiger partial charge in [0.2, 0.25) is 5.91 Å². The summed E-state index contributed by atoms with van der Waals surface area (Å²) in [7, 11) is 0. The average Bonchev–Trinajstić information content (AvgIpc) is 2.39. The molecular weight excluding hydrogens is 294 g/mol. The van der Waals surface area contributed by atoms with Crippen LogP contribution in [0.1, 0.15) is 13.8 Å². The molecule has 6 heteroatoms. The molecule has 0 fully saturated rings. The van der Waals surface area contributed by atoms with Gasteiger partial charge >= 0.3 is 0 Å². The van der Waals surface area contributed by atoms with Crippen LogP contribution in [0.4, 0.5) is 14.5 Å². The predicted octanol–water partition coefficient (Wildman–Crippen LogP) is 3.84.